The Balaban J connectivity index is 2.32. The number of ether oxygens (including phenoxy) is 3. The molecule has 0 spiro atoms. The van der Waals surface area contributed by atoms with Crippen LogP contribution in [0.3, 0.4) is 0 Å². The summed E-state index contributed by atoms with van der Waals surface area (Å²) in [5.41, 5.74) is 1.79. The largest absolute Gasteiger partial charge is 0.497 e. The highest BCUT2D eigenvalue weighted by Gasteiger charge is 2.21. The predicted octanol–water partition coefficient (Wildman–Crippen LogP) is 2.97. The van der Waals surface area contributed by atoms with E-state index in [-0.39, 0.29) is 12.3 Å². The molecule has 1 atom stereocenters. The maximum atomic E-state index is 12.7. The zero-order valence-electron chi connectivity index (χ0n) is 15.7. The SMILES string of the molecule is COc1ccc(C(=O)NC(CC(=O)O)c2ccc(OC)c(OC)c2)c(C)c1. The van der Waals surface area contributed by atoms with E-state index in [9.17, 15) is 14.7 Å². The van der Waals surface area contributed by atoms with Crippen molar-refractivity contribution in [3.8, 4) is 17.2 Å². The topological polar surface area (TPSA) is 94.1 Å². The van der Waals surface area contributed by atoms with Crippen LogP contribution in [0.2, 0.25) is 0 Å². The maximum Gasteiger partial charge on any atom is 0.305 e. The second-order valence-corrected chi connectivity index (χ2v) is 5.92. The van der Waals surface area contributed by atoms with Gasteiger partial charge in [0.2, 0.25) is 0 Å². The molecule has 144 valence electrons. The van der Waals surface area contributed by atoms with Gasteiger partial charge in [0.25, 0.3) is 5.91 Å². The summed E-state index contributed by atoms with van der Waals surface area (Å²) in [5.74, 6) is 0.233. The molecule has 7 heteroatoms. The van der Waals surface area contributed by atoms with Gasteiger partial charge < -0.3 is 24.6 Å². The molecule has 2 rings (SSSR count). The van der Waals surface area contributed by atoms with Gasteiger partial charge in [-0.3, -0.25) is 9.59 Å². The van der Waals surface area contributed by atoms with Crippen LogP contribution in [0.1, 0.15) is 33.9 Å². The van der Waals surface area contributed by atoms with Crippen LogP contribution in [0, 0.1) is 6.92 Å². The molecule has 0 saturated carbocycles. The lowest BCUT2D eigenvalue weighted by atomic mass is 10.0. The van der Waals surface area contributed by atoms with E-state index in [2.05, 4.69) is 5.32 Å². The second kappa shape index (κ2) is 8.93. The van der Waals surface area contributed by atoms with Crippen molar-refractivity contribution >= 4 is 11.9 Å². The smallest absolute Gasteiger partial charge is 0.305 e. The van der Waals surface area contributed by atoms with Crippen molar-refractivity contribution in [3.05, 3.63) is 53.1 Å². The predicted molar refractivity (Wildman–Crippen MR) is 99.7 cm³/mol. The Kier molecular flexibility index (Phi) is 6.65. The molecule has 27 heavy (non-hydrogen) atoms. The molecule has 1 unspecified atom stereocenters. The summed E-state index contributed by atoms with van der Waals surface area (Å²) < 4.78 is 15.6. The average molecular weight is 373 g/mol. The third-order valence-electron chi connectivity index (χ3n) is 4.17. The number of carboxylic acid groups (broad SMARTS) is 1. The number of carbonyl (C=O) groups is 2. The van der Waals surface area contributed by atoms with Gasteiger partial charge >= 0.3 is 5.97 Å². The van der Waals surface area contributed by atoms with Crippen LogP contribution in [0.4, 0.5) is 0 Å². The van der Waals surface area contributed by atoms with Crippen molar-refractivity contribution < 1.29 is 28.9 Å². The van der Waals surface area contributed by atoms with Gasteiger partial charge in [0.1, 0.15) is 5.75 Å². The van der Waals surface area contributed by atoms with Crippen LogP contribution < -0.4 is 19.5 Å². The lowest BCUT2D eigenvalue weighted by Gasteiger charge is -2.20. The number of benzene rings is 2. The summed E-state index contributed by atoms with van der Waals surface area (Å²) in [6, 6.07) is 9.39. The van der Waals surface area contributed by atoms with Crippen molar-refractivity contribution in [2.75, 3.05) is 21.3 Å². The van der Waals surface area contributed by atoms with E-state index in [1.807, 2.05) is 0 Å². The van der Waals surface area contributed by atoms with Gasteiger partial charge in [0, 0.05) is 5.56 Å². The second-order valence-electron chi connectivity index (χ2n) is 5.92. The van der Waals surface area contributed by atoms with Gasteiger partial charge in [-0.2, -0.15) is 0 Å². The molecule has 0 aliphatic heterocycles. The van der Waals surface area contributed by atoms with Gasteiger partial charge in [-0.25, -0.2) is 0 Å². The molecule has 0 saturated heterocycles. The van der Waals surface area contributed by atoms with Crippen LogP contribution in [-0.2, 0) is 4.79 Å². The molecule has 7 nitrogen and oxygen atoms in total. The molecule has 0 aliphatic rings. The number of aliphatic carboxylic acids is 1. The number of carbonyl (C=O) groups excluding carboxylic acids is 1. The van der Waals surface area contributed by atoms with E-state index in [0.29, 0.717) is 28.4 Å². The highest BCUT2D eigenvalue weighted by molar-refractivity contribution is 5.96. The van der Waals surface area contributed by atoms with Gasteiger partial charge in [-0.15, -0.1) is 0 Å². The van der Waals surface area contributed by atoms with Crippen molar-refractivity contribution in [3.63, 3.8) is 0 Å². The summed E-state index contributed by atoms with van der Waals surface area (Å²) in [7, 11) is 4.56. The summed E-state index contributed by atoms with van der Waals surface area (Å²) in [5, 5.41) is 12.0. The summed E-state index contributed by atoms with van der Waals surface area (Å²) >= 11 is 0. The Morgan fingerprint density at radius 1 is 1.00 bits per heavy atom. The zero-order valence-corrected chi connectivity index (χ0v) is 15.7. The monoisotopic (exact) mass is 373 g/mol. The first-order chi connectivity index (χ1) is 12.9. The van der Waals surface area contributed by atoms with Gasteiger partial charge in [-0.05, 0) is 48.4 Å². The fraction of sp³-hybridized carbons (Fsp3) is 0.300. The van der Waals surface area contributed by atoms with Crippen molar-refractivity contribution in [2.24, 2.45) is 0 Å². The first-order valence-corrected chi connectivity index (χ1v) is 8.28. The number of amides is 1. The van der Waals surface area contributed by atoms with E-state index in [1.165, 1.54) is 14.2 Å². The van der Waals surface area contributed by atoms with Crippen LogP contribution in [0.25, 0.3) is 0 Å². The molecular formula is C20H23NO6. The molecule has 1 amide bonds. The Labute approximate surface area is 157 Å². The van der Waals surface area contributed by atoms with E-state index in [1.54, 1.807) is 50.4 Å². The summed E-state index contributed by atoms with van der Waals surface area (Å²) in [6.45, 7) is 1.79. The van der Waals surface area contributed by atoms with E-state index in [4.69, 9.17) is 14.2 Å². The number of methoxy groups -OCH3 is 3. The minimum atomic E-state index is -1.03. The number of rotatable bonds is 8. The minimum Gasteiger partial charge on any atom is -0.497 e. The average Bonchev–Trinajstić information content (AvgIpc) is 2.66. The highest BCUT2D eigenvalue weighted by Crippen LogP contribution is 2.31. The van der Waals surface area contributed by atoms with Crippen LogP contribution in [0.5, 0.6) is 17.2 Å². The first kappa shape index (κ1) is 20.1. The van der Waals surface area contributed by atoms with Gasteiger partial charge in [0.15, 0.2) is 11.5 Å². The molecular weight excluding hydrogens is 350 g/mol. The third-order valence-corrected chi connectivity index (χ3v) is 4.17. The Hall–Kier alpha value is -3.22. The van der Waals surface area contributed by atoms with E-state index >= 15 is 0 Å². The van der Waals surface area contributed by atoms with E-state index in [0.717, 1.165) is 5.56 Å². The lowest BCUT2D eigenvalue weighted by Crippen LogP contribution is -2.30. The van der Waals surface area contributed by atoms with Crippen molar-refractivity contribution in [1.82, 2.24) is 5.32 Å². The zero-order chi connectivity index (χ0) is 20.0. The normalized spacial score (nSPS) is 11.4. The molecule has 0 heterocycles. The molecule has 0 radical (unpaired) electrons. The fourth-order valence-electron chi connectivity index (χ4n) is 2.75. The first-order valence-electron chi connectivity index (χ1n) is 8.28. The van der Waals surface area contributed by atoms with Crippen LogP contribution in [0.15, 0.2) is 36.4 Å². The number of hydrogen-bond donors (Lipinski definition) is 2. The summed E-state index contributed by atoms with van der Waals surface area (Å²) in [4.78, 5) is 24.0. The molecule has 2 N–H and O–H groups in total. The molecule has 2 aromatic carbocycles. The van der Waals surface area contributed by atoms with Crippen molar-refractivity contribution in [2.45, 2.75) is 19.4 Å². The van der Waals surface area contributed by atoms with Crippen molar-refractivity contribution in [1.29, 1.82) is 0 Å². The summed E-state index contributed by atoms with van der Waals surface area (Å²) in [6.07, 6.45) is -0.267. The maximum absolute atomic E-state index is 12.7. The lowest BCUT2D eigenvalue weighted by molar-refractivity contribution is -0.137. The fourth-order valence-corrected chi connectivity index (χ4v) is 2.75. The quantitative estimate of drug-likeness (QED) is 0.739. The van der Waals surface area contributed by atoms with E-state index < -0.39 is 12.0 Å². The number of carboxylic acids is 1. The molecule has 0 aromatic heterocycles. The molecule has 2 aromatic rings. The number of hydrogen-bond acceptors (Lipinski definition) is 5. The Morgan fingerprint density at radius 2 is 1.70 bits per heavy atom. The number of aryl methyl sites for hydroxylation is 1. The standard InChI is InChI=1S/C20H23NO6/c1-12-9-14(25-2)6-7-15(12)20(24)21-16(11-19(22)23)13-5-8-17(26-3)18(10-13)27-4/h5-10,16H,11H2,1-4H3,(H,21,24)(H,22,23). The Bertz CT molecular complexity index is 833. The highest BCUT2D eigenvalue weighted by atomic mass is 16.5. The van der Waals surface area contributed by atoms with Gasteiger partial charge in [0.05, 0.1) is 33.8 Å². The third kappa shape index (κ3) is 4.91. The minimum absolute atomic E-state index is 0.267. The number of nitrogens with one attached hydrogen (secondary N) is 1. The van der Waals surface area contributed by atoms with Crippen LogP contribution >= 0.6 is 0 Å². The Morgan fingerprint density at radius 3 is 2.26 bits per heavy atom. The molecule has 0 bridgehead atoms. The van der Waals surface area contributed by atoms with Crippen LogP contribution in [-0.4, -0.2) is 38.3 Å². The van der Waals surface area contributed by atoms with Gasteiger partial charge in [-0.1, -0.05) is 6.07 Å². The molecule has 0 aliphatic carbocycles. The molecule has 0 fully saturated rings.